The van der Waals surface area contributed by atoms with E-state index in [1.807, 2.05) is 19.1 Å². The molecule has 0 aliphatic carbocycles. The second kappa shape index (κ2) is 8.93. The van der Waals surface area contributed by atoms with Crippen LogP contribution in [0.1, 0.15) is 27.4 Å². The molecule has 1 aliphatic rings. The Labute approximate surface area is 206 Å². The number of nitrogens with one attached hydrogen (secondary N) is 1. The molecule has 0 saturated carbocycles. The van der Waals surface area contributed by atoms with Crippen LogP contribution in [0.3, 0.4) is 0 Å². The van der Waals surface area contributed by atoms with Gasteiger partial charge in [-0.2, -0.15) is 0 Å². The van der Waals surface area contributed by atoms with E-state index in [1.165, 1.54) is 23.9 Å². The first kappa shape index (κ1) is 23.2. The molecule has 3 N–H and O–H groups in total. The number of amides is 1. The number of nitrogen functional groups attached to an aromatic ring is 1. The Morgan fingerprint density at radius 1 is 1.17 bits per heavy atom. The van der Waals surface area contributed by atoms with Crippen LogP contribution in [-0.2, 0) is 9.84 Å². The highest BCUT2D eigenvalue weighted by atomic mass is 32.2. The van der Waals surface area contributed by atoms with E-state index in [0.29, 0.717) is 39.8 Å². The van der Waals surface area contributed by atoms with Gasteiger partial charge in [-0.1, -0.05) is 0 Å². The molecule has 1 fully saturated rings. The van der Waals surface area contributed by atoms with Crippen LogP contribution in [0.4, 0.5) is 11.6 Å². The first-order valence-corrected chi connectivity index (χ1v) is 13.8. The number of sulfone groups is 1. The average molecular weight is 512 g/mol. The quantitative estimate of drug-likeness (QED) is 0.417. The van der Waals surface area contributed by atoms with Gasteiger partial charge in [0.05, 0.1) is 15.5 Å². The lowest BCUT2D eigenvalue weighted by atomic mass is 10.1. The summed E-state index contributed by atoms with van der Waals surface area (Å²) in [5, 5.41) is 8.58. The number of piperidine rings is 1. The van der Waals surface area contributed by atoms with Gasteiger partial charge in [0.15, 0.2) is 21.3 Å². The van der Waals surface area contributed by atoms with Crippen molar-refractivity contribution >= 4 is 49.8 Å². The molecular weight excluding hydrogens is 486 g/mol. The van der Waals surface area contributed by atoms with Crippen LogP contribution in [0.25, 0.3) is 16.7 Å². The van der Waals surface area contributed by atoms with Gasteiger partial charge in [-0.05, 0) is 56.2 Å². The summed E-state index contributed by atoms with van der Waals surface area (Å²) in [5.74, 6) is 0.875. The van der Waals surface area contributed by atoms with E-state index in [2.05, 4.69) is 20.2 Å². The summed E-state index contributed by atoms with van der Waals surface area (Å²) in [6, 6.07) is 10.2. The first-order chi connectivity index (χ1) is 16.7. The highest BCUT2D eigenvalue weighted by Gasteiger charge is 2.27. The molecule has 1 aliphatic heterocycles. The third-order valence-corrected chi connectivity index (χ3v) is 8.13. The van der Waals surface area contributed by atoms with Crippen molar-refractivity contribution in [1.82, 2.24) is 25.1 Å². The van der Waals surface area contributed by atoms with Gasteiger partial charge in [0.25, 0.3) is 5.91 Å². The van der Waals surface area contributed by atoms with Crippen molar-refractivity contribution in [2.24, 2.45) is 0 Å². The van der Waals surface area contributed by atoms with E-state index in [0.717, 1.165) is 24.3 Å². The number of benzene rings is 1. The molecule has 10 nitrogen and oxygen atoms in total. The predicted octanol–water partition coefficient (Wildman–Crippen LogP) is 2.57. The van der Waals surface area contributed by atoms with Crippen molar-refractivity contribution in [3.63, 3.8) is 0 Å². The van der Waals surface area contributed by atoms with Gasteiger partial charge >= 0.3 is 0 Å². The second-order valence-corrected chi connectivity index (χ2v) is 11.9. The molecule has 0 spiro atoms. The molecule has 0 bridgehead atoms. The molecule has 182 valence electrons. The lowest BCUT2D eigenvalue weighted by Gasteiger charge is -2.33. The third kappa shape index (κ3) is 4.58. The Hall–Kier alpha value is -3.51. The Morgan fingerprint density at radius 2 is 1.94 bits per heavy atom. The Balaban J connectivity index is 1.47. The zero-order valence-electron chi connectivity index (χ0n) is 19.3. The van der Waals surface area contributed by atoms with Crippen molar-refractivity contribution in [1.29, 1.82) is 0 Å². The SMILES string of the molecule is Cc1ccc(C(=O)N[C@@H]2CCCN(c3nn(-c4ccc(S(C)(=O)=O)cc4)c4ncnc(N)c34)C2)s1. The number of thiophene rings is 1. The van der Waals surface area contributed by atoms with Gasteiger partial charge in [0.1, 0.15) is 17.5 Å². The van der Waals surface area contributed by atoms with Crippen molar-refractivity contribution < 1.29 is 13.2 Å². The molecule has 1 atom stereocenters. The largest absolute Gasteiger partial charge is 0.383 e. The zero-order valence-corrected chi connectivity index (χ0v) is 20.9. The van der Waals surface area contributed by atoms with E-state index in [4.69, 9.17) is 10.8 Å². The molecule has 35 heavy (non-hydrogen) atoms. The lowest BCUT2D eigenvalue weighted by molar-refractivity contribution is 0.0937. The van der Waals surface area contributed by atoms with Crippen LogP contribution in [0.2, 0.25) is 0 Å². The zero-order chi connectivity index (χ0) is 24.7. The fraction of sp³-hybridized carbons (Fsp3) is 0.304. The first-order valence-electron chi connectivity index (χ1n) is 11.1. The highest BCUT2D eigenvalue weighted by molar-refractivity contribution is 7.90. The van der Waals surface area contributed by atoms with Crippen molar-refractivity contribution in [2.75, 3.05) is 30.0 Å². The minimum atomic E-state index is -3.32. The fourth-order valence-electron chi connectivity index (χ4n) is 4.29. The van der Waals surface area contributed by atoms with E-state index >= 15 is 0 Å². The minimum Gasteiger partial charge on any atom is -0.383 e. The van der Waals surface area contributed by atoms with Crippen LogP contribution in [0, 0.1) is 6.92 Å². The molecule has 1 saturated heterocycles. The van der Waals surface area contributed by atoms with Crippen LogP contribution < -0.4 is 16.0 Å². The smallest absolute Gasteiger partial charge is 0.261 e. The number of nitrogens with two attached hydrogens (primary N) is 1. The molecule has 0 unspecified atom stereocenters. The van der Waals surface area contributed by atoms with Crippen molar-refractivity contribution in [3.8, 4) is 5.69 Å². The summed E-state index contributed by atoms with van der Waals surface area (Å²) >= 11 is 1.48. The molecule has 3 aromatic heterocycles. The van der Waals surface area contributed by atoms with Gasteiger partial charge < -0.3 is 16.0 Å². The van der Waals surface area contributed by atoms with Crippen LogP contribution in [0.5, 0.6) is 0 Å². The number of nitrogens with zero attached hydrogens (tertiary/aromatic N) is 5. The van der Waals surface area contributed by atoms with Crippen LogP contribution in [-0.4, -0.2) is 59.5 Å². The van der Waals surface area contributed by atoms with Gasteiger partial charge in [-0.15, -0.1) is 16.4 Å². The number of rotatable bonds is 5. The van der Waals surface area contributed by atoms with Gasteiger partial charge in [0, 0.05) is 30.3 Å². The summed E-state index contributed by atoms with van der Waals surface area (Å²) in [7, 11) is -3.32. The molecule has 12 heteroatoms. The normalized spacial score (nSPS) is 16.5. The minimum absolute atomic E-state index is 0.0428. The molecule has 0 radical (unpaired) electrons. The Morgan fingerprint density at radius 3 is 2.63 bits per heavy atom. The maximum atomic E-state index is 12.7. The molecule has 1 amide bonds. The fourth-order valence-corrected chi connectivity index (χ4v) is 5.69. The monoisotopic (exact) mass is 511 g/mol. The maximum Gasteiger partial charge on any atom is 0.261 e. The summed E-state index contributed by atoms with van der Waals surface area (Å²) in [4.78, 5) is 25.4. The molecule has 4 heterocycles. The van der Waals surface area contributed by atoms with Gasteiger partial charge in [-0.25, -0.2) is 23.1 Å². The summed E-state index contributed by atoms with van der Waals surface area (Å²) in [6.45, 7) is 3.30. The predicted molar refractivity (Wildman–Crippen MR) is 136 cm³/mol. The topological polar surface area (TPSA) is 136 Å². The number of anilines is 2. The number of carbonyl (C=O) groups excluding carboxylic acids is 1. The number of aromatic nitrogens is 4. The number of fused-ring (bicyclic) bond motifs is 1. The summed E-state index contributed by atoms with van der Waals surface area (Å²) < 4.78 is 25.3. The van der Waals surface area contributed by atoms with Gasteiger partial charge in [-0.3, -0.25) is 4.79 Å². The van der Waals surface area contributed by atoms with E-state index in [1.54, 1.807) is 28.9 Å². The summed E-state index contributed by atoms with van der Waals surface area (Å²) in [5.41, 5.74) is 7.43. The number of aryl methyl sites for hydroxylation is 1. The molecule has 1 aromatic carbocycles. The third-order valence-electron chi connectivity index (χ3n) is 6.01. The lowest BCUT2D eigenvalue weighted by Crippen LogP contribution is -2.48. The van der Waals surface area contributed by atoms with Crippen molar-refractivity contribution in [2.45, 2.75) is 30.7 Å². The van der Waals surface area contributed by atoms with E-state index in [9.17, 15) is 13.2 Å². The van der Waals surface area contributed by atoms with E-state index in [-0.39, 0.29) is 16.8 Å². The van der Waals surface area contributed by atoms with Crippen LogP contribution >= 0.6 is 11.3 Å². The summed E-state index contributed by atoms with van der Waals surface area (Å²) in [6.07, 6.45) is 4.29. The van der Waals surface area contributed by atoms with Crippen molar-refractivity contribution in [3.05, 3.63) is 52.5 Å². The molecule has 4 aromatic rings. The van der Waals surface area contributed by atoms with Gasteiger partial charge in [0.2, 0.25) is 0 Å². The number of hydrogen-bond donors (Lipinski definition) is 2. The number of hydrogen-bond acceptors (Lipinski definition) is 9. The van der Waals surface area contributed by atoms with Crippen LogP contribution in [0.15, 0.2) is 47.6 Å². The number of carbonyl (C=O) groups is 1. The molecule has 5 rings (SSSR count). The molecular formula is C23H25N7O3S2. The maximum absolute atomic E-state index is 12.7. The second-order valence-electron chi connectivity index (χ2n) is 8.63. The Kier molecular flexibility index (Phi) is 5.93. The average Bonchev–Trinajstić information content (AvgIpc) is 3.44. The Bertz CT molecular complexity index is 1510. The highest BCUT2D eigenvalue weighted by Crippen LogP contribution is 2.32. The van der Waals surface area contributed by atoms with E-state index < -0.39 is 9.84 Å². The standard InChI is InChI=1S/C23H25N7O3S2/c1-14-5-10-18(34-14)23(31)27-15-4-3-11-29(12-15)22-19-20(24)25-13-26-21(19)30(28-22)16-6-8-17(9-7-16)35(2,32)33/h5-10,13,15H,3-4,11-12H2,1-2H3,(H,27,31)(H2,24,25,26)/t15-/m1/s1.